The van der Waals surface area contributed by atoms with E-state index < -0.39 is 0 Å². The molecule has 3 aromatic heterocycles. The zero-order chi connectivity index (χ0) is 19.7. The smallest absolute Gasteiger partial charge is 0.259 e. The maximum absolute atomic E-state index is 12.8. The number of nitrogens with one attached hydrogen (secondary N) is 1. The second kappa shape index (κ2) is 7.47. The van der Waals surface area contributed by atoms with E-state index in [0.717, 1.165) is 37.8 Å². The number of nitrogens with zero attached hydrogens (tertiary/aromatic N) is 5. The summed E-state index contributed by atoms with van der Waals surface area (Å²) in [7, 11) is 3.91. The Morgan fingerprint density at radius 3 is 2.54 bits per heavy atom. The van der Waals surface area contributed by atoms with Gasteiger partial charge in [0.15, 0.2) is 5.76 Å². The molecule has 1 aliphatic heterocycles. The number of anilines is 2. The second-order valence-corrected chi connectivity index (χ2v) is 7.12. The number of hydrogen-bond acceptors (Lipinski definition) is 6. The Labute approximate surface area is 163 Å². The zero-order valence-electron chi connectivity index (χ0n) is 16.3. The van der Waals surface area contributed by atoms with Crippen LogP contribution in [0.4, 0.5) is 11.5 Å². The van der Waals surface area contributed by atoms with Crippen molar-refractivity contribution in [1.29, 1.82) is 0 Å². The van der Waals surface area contributed by atoms with Gasteiger partial charge in [0.2, 0.25) is 0 Å². The molecule has 146 valence electrons. The Morgan fingerprint density at radius 2 is 1.89 bits per heavy atom. The standard InChI is InChI=1S/C20H24N6O2/c1-14-4-6-17(28-14)19-16(13-25(3)23-19)20(27)22-15-5-7-18(21-12-15)26-10-8-24(2)9-11-26/h4-7,12-13H,8-11H2,1-3H3,(H,22,27). The lowest BCUT2D eigenvalue weighted by atomic mass is 10.2. The Morgan fingerprint density at radius 1 is 1.11 bits per heavy atom. The summed E-state index contributed by atoms with van der Waals surface area (Å²) in [5.74, 6) is 2.04. The van der Waals surface area contributed by atoms with E-state index in [1.165, 1.54) is 0 Å². The topological polar surface area (TPSA) is 79.4 Å². The highest BCUT2D eigenvalue weighted by Crippen LogP contribution is 2.25. The minimum atomic E-state index is -0.244. The molecule has 3 aromatic rings. The number of pyridine rings is 1. The van der Waals surface area contributed by atoms with E-state index in [1.807, 2.05) is 31.2 Å². The van der Waals surface area contributed by atoms with Crippen molar-refractivity contribution in [2.45, 2.75) is 6.92 Å². The fourth-order valence-corrected chi connectivity index (χ4v) is 3.28. The van der Waals surface area contributed by atoms with E-state index in [-0.39, 0.29) is 5.91 Å². The molecule has 0 spiro atoms. The third kappa shape index (κ3) is 3.77. The van der Waals surface area contributed by atoms with Crippen molar-refractivity contribution < 1.29 is 9.21 Å². The Hall–Kier alpha value is -3.13. The van der Waals surface area contributed by atoms with Gasteiger partial charge in [-0.15, -0.1) is 0 Å². The van der Waals surface area contributed by atoms with Crippen molar-refractivity contribution in [3.63, 3.8) is 0 Å². The fourth-order valence-electron chi connectivity index (χ4n) is 3.28. The van der Waals surface area contributed by atoms with Crippen molar-refractivity contribution in [1.82, 2.24) is 19.7 Å². The fraction of sp³-hybridized carbons (Fsp3) is 0.350. The van der Waals surface area contributed by atoms with Gasteiger partial charge in [0.05, 0.1) is 17.4 Å². The van der Waals surface area contributed by atoms with Gasteiger partial charge in [-0.25, -0.2) is 4.98 Å². The molecule has 1 amide bonds. The van der Waals surface area contributed by atoms with E-state index in [2.05, 4.69) is 32.2 Å². The number of rotatable bonds is 4. The van der Waals surface area contributed by atoms with Crippen molar-refractivity contribution in [2.75, 3.05) is 43.4 Å². The van der Waals surface area contributed by atoms with Crippen LogP contribution in [0, 0.1) is 6.92 Å². The van der Waals surface area contributed by atoms with Gasteiger partial charge in [0, 0.05) is 39.4 Å². The van der Waals surface area contributed by atoms with Crippen molar-refractivity contribution in [3.05, 3.63) is 48.0 Å². The normalized spacial score (nSPS) is 15.0. The highest BCUT2D eigenvalue weighted by atomic mass is 16.3. The first-order chi connectivity index (χ1) is 13.5. The SMILES string of the molecule is Cc1ccc(-c2nn(C)cc2C(=O)Nc2ccc(N3CCN(C)CC3)nc2)o1. The molecule has 0 unspecified atom stereocenters. The molecule has 0 atom stereocenters. The number of aromatic nitrogens is 3. The molecule has 1 fully saturated rings. The average Bonchev–Trinajstić information content (AvgIpc) is 3.28. The van der Waals surface area contributed by atoms with E-state index in [1.54, 1.807) is 24.1 Å². The predicted octanol–water partition coefficient (Wildman–Crippen LogP) is 2.39. The lowest BCUT2D eigenvalue weighted by molar-refractivity contribution is 0.102. The molecule has 0 radical (unpaired) electrons. The lowest BCUT2D eigenvalue weighted by Gasteiger charge is -2.33. The molecule has 8 heteroatoms. The Kier molecular flexibility index (Phi) is 4.87. The molecule has 0 bridgehead atoms. The molecule has 4 rings (SSSR count). The molecule has 1 saturated heterocycles. The number of amides is 1. The molecule has 1 aliphatic rings. The van der Waals surface area contributed by atoms with E-state index >= 15 is 0 Å². The minimum Gasteiger partial charge on any atom is -0.460 e. The van der Waals surface area contributed by atoms with Gasteiger partial charge in [-0.2, -0.15) is 5.10 Å². The van der Waals surface area contributed by atoms with Crippen LogP contribution in [-0.4, -0.2) is 58.8 Å². The van der Waals surface area contributed by atoms with Crippen LogP contribution in [0.15, 0.2) is 41.1 Å². The van der Waals surface area contributed by atoms with Crippen molar-refractivity contribution >= 4 is 17.4 Å². The summed E-state index contributed by atoms with van der Waals surface area (Å²) < 4.78 is 7.25. The highest BCUT2D eigenvalue weighted by Gasteiger charge is 2.20. The van der Waals surface area contributed by atoms with Gasteiger partial charge >= 0.3 is 0 Å². The van der Waals surface area contributed by atoms with Crippen molar-refractivity contribution in [3.8, 4) is 11.5 Å². The third-order valence-corrected chi connectivity index (χ3v) is 4.88. The summed E-state index contributed by atoms with van der Waals surface area (Å²) in [6, 6.07) is 7.50. The van der Waals surface area contributed by atoms with Crippen LogP contribution < -0.4 is 10.2 Å². The highest BCUT2D eigenvalue weighted by molar-refractivity contribution is 6.07. The van der Waals surface area contributed by atoms with Gasteiger partial charge in [-0.3, -0.25) is 9.48 Å². The summed E-state index contributed by atoms with van der Waals surface area (Å²) in [6.07, 6.45) is 3.38. The second-order valence-electron chi connectivity index (χ2n) is 7.12. The Bertz CT molecular complexity index is 967. The summed E-state index contributed by atoms with van der Waals surface area (Å²) in [4.78, 5) is 21.9. The molecule has 0 aromatic carbocycles. The predicted molar refractivity (Wildman–Crippen MR) is 108 cm³/mol. The number of furan rings is 1. The van der Waals surface area contributed by atoms with Crippen LogP contribution in [0.25, 0.3) is 11.5 Å². The number of carbonyl (C=O) groups is 1. The molecule has 1 N–H and O–H groups in total. The summed E-state index contributed by atoms with van der Waals surface area (Å²) in [5.41, 5.74) is 1.63. The largest absolute Gasteiger partial charge is 0.460 e. The monoisotopic (exact) mass is 380 g/mol. The lowest BCUT2D eigenvalue weighted by Crippen LogP contribution is -2.44. The summed E-state index contributed by atoms with van der Waals surface area (Å²) >= 11 is 0. The van der Waals surface area contributed by atoms with Gasteiger partial charge in [0.1, 0.15) is 17.3 Å². The average molecular weight is 380 g/mol. The molecule has 4 heterocycles. The Balaban J connectivity index is 1.48. The number of piperazine rings is 1. The van der Waals surface area contributed by atoms with Crippen LogP contribution in [0.2, 0.25) is 0 Å². The first kappa shape index (κ1) is 18.2. The zero-order valence-corrected chi connectivity index (χ0v) is 16.3. The van der Waals surface area contributed by atoms with Gasteiger partial charge in [-0.1, -0.05) is 0 Å². The van der Waals surface area contributed by atoms with Crippen molar-refractivity contribution in [2.24, 2.45) is 7.05 Å². The van der Waals surface area contributed by atoms with Crippen LogP contribution in [0.3, 0.4) is 0 Å². The number of aryl methyl sites for hydroxylation is 2. The van der Waals surface area contributed by atoms with E-state index in [4.69, 9.17) is 4.42 Å². The van der Waals surface area contributed by atoms with Crippen LogP contribution in [0.1, 0.15) is 16.1 Å². The maximum atomic E-state index is 12.8. The van der Waals surface area contributed by atoms with Crippen LogP contribution in [-0.2, 0) is 7.05 Å². The number of likely N-dealkylation sites (N-methyl/N-ethyl adjacent to an activating group) is 1. The van der Waals surface area contributed by atoms with Crippen LogP contribution >= 0.6 is 0 Å². The first-order valence-corrected chi connectivity index (χ1v) is 9.31. The number of carbonyl (C=O) groups excluding carboxylic acids is 1. The minimum absolute atomic E-state index is 0.244. The third-order valence-electron chi connectivity index (χ3n) is 4.88. The maximum Gasteiger partial charge on any atom is 0.259 e. The summed E-state index contributed by atoms with van der Waals surface area (Å²) in [6.45, 7) is 5.82. The van der Waals surface area contributed by atoms with Gasteiger partial charge in [0.25, 0.3) is 5.91 Å². The molecule has 0 saturated carbocycles. The molecular weight excluding hydrogens is 356 g/mol. The van der Waals surface area contributed by atoms with Gasteiger partial charge in [-0.05, 0) is 38.2 Å². The quantitative estimate of drug-likeness (QED) is 0.749. The van der Waals surface area contributed by atoms with E-state index in [0.29, 0.717) is 22.7 Å². The van der Waals surface area contributed by atoms with Crippen LogP contribution in [0.5, 0.6) is 0 Å². The summed E-state index contributed by atoms with van der Waals surface area (Å²) in [5, 5.41) is 7.28. The molecule has 28 heavy (non-hydrogen) atoms. The first-order valence-electron chi connectivity index (χ1n) is 9.31. The van der Waals surface area contributed by atoms with E-state index in [9.17, 15) is 4.79 Å². The molecular formula is C20H24N6O2. The molecule has 8 nitrogen and oxygen atoms in total. The molecule has 0 aliphatic carbocycles. The number of hydrogen-bond donors (Lipinski definition) is 1. The van der Waals surface area contributed by atoms with Gasteiger partial charge < -0.3 is 19.5 Å².